The minimum absolute atomic E-state index is 0.0363. The summed E-state index contributed by atoms with van der Waals surface area (Å²) in [4.78, 5) is 40.3. The van der Waals surface area contributed by atoms with E-state index >= 15 is 0 Å². The molecule has 1 heterocycles. The molecule has 1 saturated heterocycles. The molecule has 2 aliphatic rings. The Labute approximate surface area is 308 Å². The molecule has 13 nitrogen and oxygen atoms in total. The highest BCUT2D eigenvalue weighted by Crippen LogP contribution is 2.50. The fourth-order valence-corrected chi connectivity index (χ4v) is 8.88. The van der Waals surface area contributed by atoms with E-state index in [9.17, 15) is 22.8 Å². The lowest BCUT2D eigenvalue weighted by atomic mass is 9.95. The van der Waals surface area contributed by atoms with Gasteiger partial charge in [-0.1, -0.05) is 6.07 Å². The Morgan fingerprint density at radius 2 is 1.71 bits per heavy atom. The van der Waals surface area contributed by atoms with Gasteiger partial charge in [0.1, 0.15) is 11.8 Å². The summed E-state index contributed by atoms with van der Waals surface area (Å²) < 4.78 is 49.8. The average Bonchev–Trinajstić information content (AvgIpc) is 3.36. The van der Waals surface area contributed by atoms with Crippen LogP contribution in [-0.2, 0) is 26.0 Å². The van der Waals surface area contributed by atoms with Gasteiger partial charge in [0.15, 0.2) is 11.5 Å². The topological polar surface area (TPSA) is 162 Å². The molecule has 0 aromatic heterocycles. The normalized spacial score (nSPS) is 16.7. The number of amides is 2. The van der Waals surface area contributed by atoms with Crippen molar-refractivity contribution < 1.29 is 37.0 Å². The van der Waals surface area contributed by atoms with Gasteiger partial charge in [-0.25, -0.2) is 8.42 Å². The number of nitrogens with zero attached hydrogens (tertiary/aromatic N) is 1. The maximum atomic E-state index is 14.0. The minimum Gasteiger partial charge on any atom is -0.495 e. The van der Waals surface area contributed by atoms with Crippen LogP contribution in [0.1, 0.15) is 49.8 Å². The number of anilines is 3. The van der Waals surface area contributed by atoms with Gasteiger partial charge in [-0.2, -0.15) is 11.8 Å². The van der Waals surface area contributed by atoms with Gasteiger partial charge in [0.05, 0.1) is 51.6 Å². The number of hydrogen-bond donors (Lipinski definition) is 3. The smallest absolute Gasteiger partial charge is 0.246 e. The Morgan fingerprint density at radius 1 is 0.962 bits per heavy atom. The molecule has 3 aromatic carbocycles. The fraction of sp³-hybridized carbons (Fsp3) is 0.432. The fourth-order valence-electron chi connectivity index (χ4n) is 6.77. The predicted octanol–water partition coefficient (Wildman–Crippen LogP) is 4.97. The van der Waals surface area contributed by atoms with Crippen molar-refractivity contribution in [1.82, 2.24) is 5.32 Å². The molecule has 280 valence electrons. The van der Waals surface area contributed by atoms with E-state index in [2.05, 4.69) is 16.0 Å². The molecule has 0 radical (unpaired) electrons. The highest BCUT2D eigenvalue weighted by Gasteiger charge is 2.31. The molecular formula is C37H46N4O9S2. The van der Waals surface area contributed by atoms with Crippen LogP contribution >= 0.6 is 11.8 Å². The summed E-state index contributed by atoms with van der Waals surface area (Å²) in [6.07, 6.45) is 4.67. The van der Waals surface area contributed by atoms with Crippen molar-refractivity contribution in [3.8, 4) is 34.1 Å². The molecular weight excluding hydrogens is 709 g/mol. The second kappa shape index (κ2) is 16.8. The summed E-state index contributed by atoms with van der Waals surface area (Å²) in [7, 11) is 2.54. The van der Waals surface area contributed by atoms with Gasteiger partial charge in [0, 0.05) is 24.7 Å². The van der Waals surface area contributed by atoms with E-state index in [0.29, 0.717) is 95.5 Å². The third-order valence-corrected chi connectivity index (χ3v) is 11.7. The van der Waals surface area contributed by atoms with Crippen LogP contribution in [0.4, 0.5) is 17.1 Å². The van der Waals surface area contributed by atoms with Crippen molar-refractivity contribution in [2.75, 3.05) is 67.7 Å². The molecule has 3 aromatic rings. The standard InChI is InChI=1S/C37H46N4O9S2/c1-22(42)38-27-12-9-23-19-33(48-3)35(49-4)36(50-5)34(23)25-11-13-28(31(43)21-26(25)27)40-29(15-17-51-6)37(44)39-24-10-14-32(47-2)30(20-24)41-16-7-8-18-52(41,45)46/h10-11,13-14,19-21,27,29H,7-9,12,15-18H2,1-6H3,(H,38,42)(H,39,44)(H,40,43). The van der Waals surface area contributed by atoms with Crippen LogP contribution in [0.5, 0.6) is 23.0 Å². The number of rotatable bonds is 13. The SMILES string of the molecule is COc1ccc(NC(=O)C(CCSC)Nc2ccc3c(cc2=O)C(NC(C)=O)CCc2cc(OC)c(OC)c(OC)c2-3)cc1N1CCCCS1(=O)=O. The second-order valence-electron chi connectivity index (χ2n) is 12.5. The van der Waals surface area contributed by atoms with Gasteiger partial charge in [-0.05, 0) is 97.2 Å². The van der Waals surface area contributed by atoms with Gasteiger partial charge in [-0.15, -0.1) is 0 Å². The first kappa shape index (κ1) is 38.6. The van der Waals surface area contributed by atoms with Crippen LogP contribution < -0.4 is 44.6 Å². The molecule has 1 aliphatic carbocycles. The Bertz CT molecular complexity index is 1990. The molecule has 2 unspecified atom stereocenters. The summed E-state index contributed by atoms with van der Waals surface area (Å²) in [5, 5.41) is 9.12. The first-order valence-electron chi connectivity index (χ1n) is 17.0. The predicted molar refractivity (Wildman–Crippen MR) is 205 cm³/mol. The van der Waals surface area contributed by atoms with Crippen molar-refractivity contribution in [3.63, 3.8) is 0 Å². The molecule has 1 fully saturated rings. The van der Waals surface area contributed by atoms with Crippen LogP contribution in [0.25, 0.3) is 11.1 Å². The number of ether oxygens (including phenoxy) is 4. The van der Waals surface area contributed by atoms with Crippen molar-refractivity contribution in [1.29, 1.82) is 0 Å². The second-order valence-corrected chi connectivity index (χ2v) is 15.5. The number of hydrogen-bond acceptors (Lipinski definition) is 11. The number of methoxy groups -OCH3 is 4. The Hall–Kier alpha value is -4.63. The minimum atomic E-state index is -3.54. The van der Waals surface area contributed by atoms with E-state index in [1.807, 2.05) is 12.3 Å². The number of nitrogens with one attached hydrogen (secondary N) is 3. The maximum absolute atomic E-state index is 14.0. The lowest BCUT2D eigenvalue weighted by Crippen LogP contribution is -2.38. The van der Waals surface area contributed by atoms with E-state index in [4.69, 9.17) is 18.9 Å². The molecule has 3 N–H and O–H groups in total. The monoisotopic (exact) mass is 754 g/mol. The van der Waals surface area contributed by atoms with Crippen molar-refractivity contribution in [3.05, 3.63) is 63.8 Å². The molecule has 52 heavy (non-hydrogen) atoms. The Kier molecular flexibility index (Phi) is 12.5. The van der Waals surface area contributed by atoms with Crippen molar-refractivity contribution in [2.45, 2.75) is 51.1 Å². The van der Waals surface area contributed by atoms with E-state index in [1.165, 1.54) is 38.6 Å². The van der Waals surface area contributed by atoms with Crippen molar-refractivity contribution in [2.24, 2.45) is 0 Å². The highest BCUT2D eigenvalue weighted by molar-refractivity contribution is 7.98. The number of sulfonamides is 1. The van der Waals surface area contributed by atoms with Crippen LogP contribution in [0.2, 0.25) is 0 Å². The van der Waals surface area contributed by atoms with Crippen LogP contribution in [0, 0.1) is 0 Å². The van der Waals surface area contributed by atoms with Crippen LogP contribution in [0.15, 0.2) is 47.3 Å². The maximum Gasteiger partial charge on any atom is 0.246 e. The summed E-state index contributed by atoms with van der Waals surface area (Å²) in [5.41, 5.74) is 3.42. The van der Waals surface area contributed by atoms with Crippen LogP contribution in [0.3, 0.4) is 0 Å². The Morgan fingerprint density at radius 3 is 2.37 bits per heavy atom. The highest BCUT2D eigenvalue weighted by atomic mass is 32.2. The van der Waals surface area contributed by atoms with Gasteiger partial charge >= 0.3 is 0 Å². The van der Waals surface area contributed by atoms with E-state index < -0.39 is 28.0 Å². The molecule has 0 spiro atoms. The van der Waals surface area contributed by atoms with E-state index in [-0.39, 0.29) is 22.8 Å². The zero-order valence-electron chi connectivity index (χ0n) is 30.3. The first-order valence-corrected chi connectivity index (χ1v) is 20.0. The molecule has 1 aliphatic heterocycles. The molecule has 2 atom stereocenters. The summed E-state index contributed by atoms with van der Waals surface area (Å²) in [6, 6.07) is 10.4. The lowest BCUT2D eigenvalue weighted by molar-refractivity contribution is -0.120. The number of fused-ring (bicyclic) bond motifs is 3. The first-order chi connectivity index (χ1) is 25.0. The summed E-state index contributed by atoms with van der Waals surface area (Å²) in [5.74, 6) is 1.71. The average molecular weight is 755 g/mol. The third kappa shape index (κ3) is 8.20. The van der Waals surface area contributed by atoms with Crippen molar-refractivity contribution >= 4 is 50.7 Å². The molecule has 0 bridgehead atoms. The van der Waals surface area contributed by atoms with Gasteiger partial charge in [-0.3, -0.25) is 18.7 Å². The number of aryl methyl sites for hydroxylation is 1. The lowest BCUT2D eigenvalue weighted by Gasteiger charge is -2.29. The van der Waals surface area contributed by atoms with Gasteiger partial charge in [0.25, 0.3) is 0 Å². The molecule has 2 amide bonds. The molecule has 5 rings (SSSR count). The van der Waals surface area contributed by atoms with E-state index in [0.717, 1.165) is 5.56 Å². The zero-order valence-corrected chi connectivity index (χ0v) is 31.9. The number of carbonyl (C=O) groups is 2. The van der Waals surface area contributed by atoms with Crippen LogP contribution in [-0.4, -0.2) is 79.0 Å². The zero-order chi connectivity index (χ0) is 37.6. The van der Waals surface area contributed by atoms with Gasteiger partial charge in [0.2, 0.25) is 33.0 Å². The Balaban J connectivity index is 1.54. The van der Waals surface area contributed by atoms with Gasteiger partial charge < -0.3 is 34.9 Å². The molecule has 15 heteroatoms. The summed E-state index contributed by atoms with van der Waals surface area (Å²) >= 11 is 1.56. The number of benzene rings is 2. The number of carbonyl (C=O) groups excluding carboxylic acids is 2. The summed E-state index contributed by atoms with van der Waals surface area (Å²) in [6.45, 7) is 1.75. The quantitative estimate of drug-likeness (QED) is 0.216. The largest absolute Gasteiger partial charge is 0.495 e. The third-order valence-electron chi connectivity index (χ3n) is 9.24. The molecule has 0 saturated carbocycles. The number of thioether (sulfide) groups is 1. The van der Waals surface area contributed by atoms with E-state index in [1.54, 1.807) is 49.2 Å².